The molecule has 0 radical (unpaired) electrons. The van der Waals surface area contributed by atoms with E-state index in [0.717, 1.165) is 16.6 Å². The molecule has 0 amide bonds. The van der Waals surface area contributed by atoms with Gasteiger partial charge < -0.3 is 5.32 Å². The minimum atomic E-state index is -0.210. The van der Waals surface area contributed by atoms with E-state index in [1.54, 1.807) is 12.1 Å². The van der Waals surface area contributed by atoms with Crippen LogP contribution < -0.4 is 5.32 Å². The molecule has 0 saturated carbocycles. The molecule has 2 aromatic carbocycles. The SMILES string of the molecule is CCNC(c1cc(F)ccc1Br)c1c(C)cc(C)cc1C. The van der Waals surface area contributed by atoms with Crippen molar-refractivity contribution in [2.45, 2.75) is 33.7 Å². The van der Waals surface area contributed by atoms with E-state index in [-0.39, 0.29) is 11.9 Å². The van der Waals surface area contributed by atoms with E-state index in [2.05, 4.69) is 61.1 Å². The van der Waals surface area contributed by atoms with Crippen LogP contribution in [0.2, 0.25) is 0 Å². The molecule has 1 unspecified atom stereocenters. The minimum absolute atomic E-state index is 0.0133. The lowest BCUT2D eigenvalue weighted by atomic mass is 9.90. The van der Waals surface area contributed by atoms with Gasteiger partial charge in [-0.3, -0.25) is 0 Å². The van der Waals surface area contributed by atoms with Gasteiger partial charge in [0, 0.05) is 4.47 Å². The molecule has 3 heteroatoms. The van der Waals surface area contributed by atoms with Gasteiger partial charge >= 0.3 is 0 Å². The van der Waals surface area contributed by atoms with Crippen molar-refractivity contribution in [3.63, 3.8) is 0 Å². The molecular formula is C18H21BrFN. The second-order valence-electron chi connectivity index (χ2n) is 5.47. The number of rotatable bonds is 4. The fourth-order valence-electron chi connectivity index (χ4n) is 2.95. The molecule has 1 N–H and O–H groups in total. The molecule has 112 valence electrons. The maximum atomic E-state index is 13.7. The summed E-state index contributed by atoms with van der Waals surface area (Å²) in [7, 11) is 0. The Bertz CT molecular complexity index is 629. The molecule has 0 spiro atoms. The van der Waals surface area contributed by atoms with E-state index in [4.69, 9.17) is 0 Å². The summed E-state index contributed by atoms with van der Waals surface area (Å²) in [5, 5.41) is 3.49. The number of hydrogen-bond donors (Lipinski definition) is 1. The van der Waals surface area contributed by atoms with E-state index in [1.807, 2.05) is 0 Å². The van der Waals surface area contributed by atoms with Crippen LogP contribution in [-0.4, -0.2) is 6.54 Å². The highest BCUT2D eigenvalue weighted by Gasteiger charge is 2.20. The van der Waals surface area contributed by atoms with Gasteiger partial charge in [0.15, 0.2) is 0 Å². The predicted octanol–water partition coefficient (Wildman–Crippen LogP) is 5.21. The monoisotopic (exact) mass is 349 g/mol. The molecule has 0 fully saturated rings. The van der Waals surface area contributed by atoms with Crippen molar-refractivity contribution in [3.8, 4) is 0 Å². The number of nitrogens with one attached hydrogen (secondary N) is 1. The predicted molar refractivity (Wildman–Crippen MR) is 90.3 cm³/mol. The number of benzene rings is 2. The van der Waals surface area contributed by atoms with Crippen LogP contribution in [0.3, 0.4) is 0 Å². The summed E-state index contributed by atoms with van der Waals surface area (Å²) in [4.78, 5) is 0. The highest BCUT2D eigenvalue weighted by molar-refractivity contribution is 9.10. The lowest BCUT2D eigenvalue weighted by Gasteiger charge is -2.24. The van der Waals surface area contributed by atoms with Gasteiger partial charge in [0.1, 0.15) is 5.82 Å². The average Bonchev–Trinajstić information content (AvgIpc) is 2.39. The zero-order chi connectivity index (χ0) is 15.6. The molecule has 0 saturated heterocycles. The number of halogens is 2. The summed E-state index contributed by atoms with van der Waals surface area (Å²) in [5.74, 6) is -0.210. The highest BCUT2D eigenvalue weighted by Crippen LogP contribution is 2.33. The molecule has 1 nitrogen and oxygen atoms in total. The Labute approximate surface area is 134 Å². The smallest absolute Gasteiger partial charge is 0.123 e. The summed E-state index contributed by atoms with van der Waals surface area (Å²) in [6, 6.07) is 9.20. The third kappa shape index (κ3) is 3.53. The summed E-state index contributed by atoms with van der Waals surface area (Å²) in [6.07, 6.45) is 0. The summed E-state index contributed by atoms with van der Waals surface area (Å²) < 4.78 is 14.6. The summed E-state index contributed by atoms with van der Waals surface area (Å²) >= 11 is 3.56. The maximum Gasteiger partial charge on any atom is 0.123 e. The van der Waals surface area contributed by atoms with Crippen LogP contribution in [0.5, 0.6) is 0 Å². The Kier molecular flexibility index (Phi) is 5.17. The Morgan fingerprint density at radius 3 is 2.29 bits per heavy atom. The van der Waals surface area contributed by atoms with Gasteiger partial charge in [0.25, 0.3) is 0 Å². The molecule has 0 aliphatic heterocycles. The van der Waals surface area contributed by atoms with Gasteiger partial charge in [0.2, 0.25) is 0 Å². The van der Waals surface area contributed by atoms with E-state index in [1.165, 1.54) is 28.3 Å². The molecule has 0 bridgehead atoms. The first-order chi connectivity index (χ1) is 9.93. The Morgan fingerprint density at radius 2 is 1.71 bits per heavy atom. The molecule has 2 aromatic rings. The third-order valence-corrected chi connectivity index (χ3v) is 4.43. The lowest BCUT2D eigenvalue weighted by Crippen LogP contribution is -2.24. The Morgan fingerprint density at radius 1 is 1.10 bits per heavy atom. The van der Waals surface area contributed by atoms with Gasteiger partial charge in [0.05, 0.1) is 6.04 Å². The van der Waals surface area contributed by atoms with Crippen molar-refractivity contribution in [1.82, 2.24) is 5.32 Å². The van der Waals surface area contributed by atoms with Crippen molar-refractivity contribution in [2.75, 3.05) is 6.54 Å². The molecule has 0 aliphatic carbocycles. The zero-order valence-corrected chi connectivity index (χ0v) is 14.5. The van der Waals surface area contributed by atoms with E-state index in [9.17, 15) is 4.39 Å². The summed E-state index contributed by atoms with van der Waals surface area (Å²) in [6.45, 7) is 9.23. The van der Waals surface area contributed by atoms with Crippen molar-refractivity contribution in [3.05, 3.63) is 68.4 Å². The Balaban J connectivity index is 2.61. The van der Waals surface area contributed by atoms with E-state index >= 15 is 0 Å². The van der Waals surface area contributed by atoms with Crippen LogP contribution in [0.15, 0.2) is 34.8 Å². The van der Waals surface area contributed by atoms with Crippen LogP contribution in [0, 0.1) is 26.6 Å². The molecule has 0 aliphatic rings. The minimum Gasteiger partial charge on any atom is -0.306 e. The van der Waals surface area contributed by atoms with Gasteiger partial charge in [-0.05, 0) is 67.8 Å². The van der Waals surface area contributed by atoms with Gasteiger partial charge in [-0.25, -0.2) is 4.39 Å². The van der Waals surface area contributed by atoms with Crippen molar-refractivity contribution < 1.29 is 4.39 Å². The number of hydrogen-bond acceptors (Lipinski definition) is 1. The van der Waals surface area contributed by atoms with Crippen molar-refractivity contribution in [2.24, 2.45) is 0 Å². The van der Waals surface area contributed by atoms with Crippen molar-refractivity contribution >= 4 is 15.9 Å². The standard InChI is InChI=1S/C18H21BrFN/c1-5-21-18(15-10-14(20)6-7-16(15)19)17-12(3)8-11(2)9-13(17)4/h6-10,18,21H,5H2,1-4H3. The number of aryl methyl sites for hydroxylation is 3. The molecule has 0 heterocycles. The van der Waals surface area contributed by atoms with Gasteiger partial charge in [-0.15, -0.1) is 0 Å². The Hall–Kier alpha value is -1.19. The van der Waals surface area contributed by atoms with Crippen LogP contribution in [0.1, 0.15) is 40.8 Å². The zero-order valence-electron chi connectivity index (χ0n) is 12.9. The highest BCUT2D eigenvalue weighted by atomic mass is 79.9. The molecule has 2 rings (SSSR count). The molecule has 21 heavy (non-hydrogen) atoms. The quantitative estimate of drug-likeness (QED) is 0.798. The normalized spacial score (nSPS) is 12.5. The first-order valence-corrected chi connectivity index (χ1v) is 7.99. The van der Waals surface area contributed by atoms with Crippen LogP contribution in [0.4, 0.5) is 4.39 Å². The van der Waals surface area contributed by atoms with Gasteiger partial charge in [-0.2, -0.15) is 0 Å². The average molecular weight is 350 g/mol. The lowest BCUT2D eigenvalue weighted by molar-refractivity contribution is 0.598. The van der Waals surface area contributed by atoms with Crippen LogP contribution in [0.25, 0.3) is 0 Å². The first-order valence-electron chi connectivity index (χ1n) is 7.20. The molecule has 1 atom stereocenters. The summed E-state index contributed by atoms with van der Waals surface area (Å²) in [5.41, 5.74) is 5.88. The third-order valence-electron chi connectivity index (χ3n) is 3.70. The fourth-order valence-corrected chi connectivity index (χ4v) is 3.43. The maximum absolute atomic E-state index is 13.7. The topological polar surface area (TPSA) is 12.0 Å². The second kappa shape index (κ2) is 6.71. The van der Waals surface area contributed by atoms with Crippen LogP contribution in [-0.2, 0) is 0 Å². The molecule has 0 aromatic heterocycles. The van der Waals surface area contributed by atoms with E-state index < -0.39 is 0 Å². The molecular weight excluding hydrogens is 329 g/mol. The second-order valence-corrected chi connectivity index (χ2v) is 6.32. The largest absolute Gasteiger partial charge is 0.306 e. The van der Waals surface area contributed by atoms with Gasteiger partial charge in [-0.1, -0.05) is 40.5 Å². The van der Waals surface area contributed by atoms with E-state index in [0.29, 0.717) is 0 Å². The first kappa shape index (κ1) is 16.2. The van der Waals surface area contributed by atoms with Crippen molar-refractivity contribution in [1.29, 1.82) is 0 Å². The fraction of sp³-hybridized carbons (Fsp3) is 0.333. The van der Waals surface area contributed by atoms with Crippen LogP contribution >= 0.6 is 15.9 Å².